The van der Waals surface area contributed by atoms with Crippen molar-refractivity contribution in [3.63, 3.8) is 0 Å². The summed E-state index contributed by atoms with van der Waals surface area (Å²) in [6.45, 7) is 4.38. The highest BCUT2D eigenvalue weighted by atomic mass is 16.6. The first-order valence-corrected chi connectivity index (χ1v) is 14.1. The van der Waals surface area contributed by atoms with E-state index < -0.39 is 0 Å². The van der Waals surface area contributed by atoms with Gasteiger partial charge in [0.1, 0.15) is 13.2 Å². The molecule has 0 radical (unpaired) electrons. The van der Waals surface area contributed by atoms with Crippen LogP contribution in [-0.2, 0) is 32.6 Å². The molecule has 200 valence electrons. The molecular formula is C33H36N4O2. The van der Waals surface area contributed by atoms with Crippen molar-refractivity contribution in [2.24, 2.45) is 0 Å². The lowest BCUT2D eigenvalue weighted by molar-refractivity contribution is 0.149. The van der Waals surface area contributed by atoms with Gasteiger partial charge in [0.15, 0.2) is 11.5 Å². The van der Waals surface area contributed by atoms with Crippen molar-refractivity contribution in [1.82, 2.24) is 20.2 Å². The van der Waals surface area contributed by atoms with Gasteiger partial charge in [0, 0.05) is 44.1 Å². The lowest BCUT2D eigenvalue weighted by Crippen LogP contribution is -2.30. The van der Waals surface area contributed by atoms with E-state index in [1.54, 1.807) is 0 Å². The molecule has 6 nitrogen and oxygen atoms in total. The third kappa shape index (κ3) is 6.29. The van der Waals surface area contributed by atoms with Crippen LogP contribution in [0.3, 0.4) is 0 Å². The lowest BCUT2D eigenvalue weighted by Gasteiger charge is -2.33. The Balaban J connectivity index is 1.22. The van der Waals surface area contributed by atoms with Crippen LogP contribution in [0.4, 0.5) is 0 Å². The van der Waals surface area contributed by atoms with E-state index in [2.05, 4.69) is 63.7 Å². The maximum Gasteiger partial charge on any atom is 0.165 e. The first kappa shape index (κ1) is 25.5. The number of hydrogen-bond donors (Lipinski definition) is 1. The largest absolute Gasteiger partial charge is 0.486 e. The fourth-order valence-electron chi connectivity index (χ4n) is 5.70. The number of benzene rings is 2. The molecule has 1 aliphatic heterocycles. The van der Waals surface area contributed by atoms with Crippen molar-refractivity contribution >= 4 is 0 Å². The summed E-state index contributed by atoms with van der Waals surface area (Å²) in [7, 11) is 0. The van der Waals surface area contributed by atoms with Gasteiger partial charge >= 0.3 is 0 Å². The standard InChI is InChI=1S/C33H36N4O2/c1-2-11-30(32-27(7-1)9-6-18-36-32)37(24-28-8-5-12-31-33(28)39-20-19-38-31)23-26-15-13-25(14-16-26)21-34-22-29-10-3-4-17-35-29/h3-6,8-10,12-18,30,34H,1-2,7,11,19-24H2. The summed E-state index contributed by atoms with van der Waals surface area (Å²) in [6, 6.07) is 25.9. The van der Waals surface area contributed by atoms with Gasteiger partial charge in [0.2, 0.25) is 0 Å². The van der Waals surface area contributed by atoms with Gasteiger partial charge in [-0.15, -0.1) is 0 Å². The van der Waals surface area contributed by atoms with Crippen LogP contribution in [0.1, 0.15) is 58.9 Å². The summed E-state index contributed by atoms with van der Waals surface area (Å²) in [5.74, 6) is 1.73. The second-order valence-electron chi connectivity index (χ2n) is 10.4. The number of nitrogens with zero attached hydrogens (tertiary/aromatic N) is 3. The van der Waals surface area contributed by atoms with Crippen molar-refractivity contribution < 1.29 is 9.47 Å². The first-order chi connectivity index (χ1) is 19.3. The molecule has 6 rings (SSSR count). The first-order valence-electron chi connectivity index (χ1n) is 14.1. The van der Waals surface area contributed by atoms with Crippen LogP contribution in [0.25, 0.3) is 0 Å². The minimum absolute atomic E-state index is 0.254. The van der Waals surface area contributed by atoms with E-state index in [1.165, 1.54) is 40.8 Å². The Labute approximate surface area is 231 Å². The smallest absolute Gasteiger partial charge is 0.165 e. The molecule has 2 aromatic heterocycles. The quantitative estimate of drug-likeness (QED) is 0.273. The number of aromatic nitrogens is 2. The van der Waals surface area contributed by atoms with Gasteiger partial charge in [-0.1, -0.05) is 55.0 Å². The van der Waals surface area contributed by atoms with E-state index in [0.717, 1.165) is 56.2 Å². The van der Waals surface area contributed by atoms with Gasteiger partial charge in [-0.05, 0) is 60.2 Å². The van der Waals surface area contributed by atoms with Crippen molar-refractivity contribution in [2.75, 3.05) is 13.2 Å². The molecule has 2 aliphatic rings. The summed E-state index contributed by atoms with van der Waals surface area (Å²) in [4.78, 5) is 11.9. The van der Waals surface area contributed by atoms with Gasteiger partial charge in [0.05, 0.1) is 17.4 Å². The monoisotopic (exact) mass is 520 g/mol. The van der Waals surface area contributed by atoms with Crippen LogP contribution in [0.2, 0.25) is 0 Å². The molecule has 1 atom stereocenters. The van der Waals surface area contributed by atoms with Crippen molar-refractivity contribution in [3.8, 4) is 11.5 Å². The summed E-state index contributed by atoms with van der Waals surface area (Å²) >= 11 is 0. The summed E-state index contributed by atoms with van der Waals surface area (Å²) < 4.78 is 12.0. The average molecular weight is 521 g/mol. The zero-order valence-electron chi connectivity index (χ0n) is 22.4. The van der Waals surface area contributed by atoms with Crippen molar-refractivity contribution in [1.29, 1.82) is 0 Å². The van der Waals surface area contributed by atoms with Gasteiger partial charge in [-0.3, -0.25) is 14.9 Å². The molecule has 2 aromatic carbocycles. The third-order valence-corrected chi connectivity index (χ3v) is 7.65. The number of fused-ring (bicyclic) bond motifs is 2. The minimum atomic E-state index is 0.254. The summed E-state index contributed by atoms with van der Waals surface area (Å²) in [5.41, 5.74) is 7.41. The number of rotatable bonds is 9. The molecule has 4 aromatic rings. The molecule has 3 heterocycles. The van der Waals surface area contributed by atoms with E-state index in [1.807, 2.05) is 36.7 Å². The van der Waals surface area contributed by atoms with Crippen LogP contribution in [0, 0.1) is 0 Å². The Kier molecular flexibility index (Phi) is 8.13. The number of nitrogens with one attached hydrogen (secondary N) is 1. The SMILES string of the molecule is c1ccc(CNCc2ccc(CN(Cc3cccc4c3OCCO4)C3CCCCc4cccnc43)cc2)nc1. The van der Waals surface area contributed by atoms with Crippen LogP contribution >= 0.6 is 0 Å². The predicted octanol–water partition coefficient (Wildman–Crippen LogP) is 6.01. The molecule has 1 unspecified atom stereocenters. The normalized spacial score (nSPS) is 16.5. The van der Waals surface area contributed by atoms with Crippen molar-refractivity contribution in [3.05, 3.63) is 119 Å². The predicted molar refractivity (Wildman–Crippen MR) is 152 cm³/mol. The zero-order valence-corrected chi connectivity index (χ0v) is 22.4. The lowest BCUT2D eigenvalue weighted by atomic mass is 10.0. The maximum absolute atomic E-state index is 6.09. The number of ether oxygens (including phenoxy) is 2. The van der Waals surface area contributed by atoms with Crippen LogP contribution in [-0.4, -0.2) is 28.1 Å². The number of hydrogen-bond acceptors (Lipinski definition) is 6. The molecule has 0 fully saturated rings. The molecule has 1 N–H and O–H groups in total. The highest BCUT2D eigenvalue weighted by molar-refractivity contribution is 5.47. The Morgan fingerprint density at radius 1 is 0.769 bits per heavy atom. The molecule has 0 saturated heterocycles. The summed E-state index contributed by atoms with van der Waals surface area (Å²) in [6.07, 6.45) is 8.40. The Hall–Kier alpha value is -3.74. The molecule has 0 saturated carbocycles. The highest BCUT2D eigenvalue weighted by Gasteiger charge is 2.28. The van der Waals surface area contributed by atoms with Gasteiger partial charge in [-0.2, -0.15) is 0 Å². The molecule has 0 spiro atoms. The van der Waals surface area contributed by atoms with E-state index in [4.69, 9.17) is 14.5 Å². The van der Waals surface area contributed by atoms with Crippen LogP contribution in [0.15, 0.2) is 85.2 Å². The number of aryl methyl sites for hydroxylation is 1. The fourth-order valence-corrected chi connectivity index (χ4v) is 5.70. The fraction of sp³-hybridized carbons (Fsp3) is 0.333. The molecule has 0 bridgehead atoms. The van der Waals surface area contributed by atoms with E-state index >= 15 is 0 Å². The molecule has 1 aliphatic carbocycles. The Bertz CT molecular complexity index is 1360. The second kappa shape index (κ2) is 12.4. The molecule has 39 heavy (non-hydrogen) atoms. The minimum Gasteiger partial charge on any atom is -0.486 e. The second-order valence-corrected chi connectivity index (χ2v) is 10.4. The maximum atomic E-state index is 6.09. The van der Waals surface area contributed by atoms with E-state index in [9.17, 15) is 0 Å². The summed E-state index contributed by atoms with van der Waals surface area (Å²) in [5, 5.41) is 3.50. The Morgan fingerprint density at radius 2 is 1.64 bits per heavy atom. The number of para-hydroxylation sites is 1. The average Bonchev–Trinajstić information content (AvgIpc) is 3.21. The topological polar surface area (TPSA) is 59.5 Å². The Morgan fingerprint density at radius 3 is 2.54 bits per heavy atom. The van der Waals surface area contributed by atoms with Gasteiger partial charge in [0.25, 0.3) is 0 Å². The van der Waals surface area contributed by atoms with Crippen LogP contribution in [0.5, 0.6) is 11.5 Å². The van der Waals surface area contributed by atoms with Gasteiger partial charge in [-0.25, -0.2) is 0 Å². The molecule has 0 amide bonds. The number of pyridine rings is 2. The molecule has 6 heteroatoms. The van der Waals surface area contributed by atoms with E-state index in [0.29, 0.717) is 13.2 Å². The third-order valence-electron chi connectivity index (χ3n) is 7.65. The van der Waals surface area contributed by atoms with E-state index in [-0.39, 0.29) is 6.04 Å². The zero-order chi connectivity index (χ0) is 26.3. The van der Waals surface area contributed by atoms with Crippen LogP contribution < -0.4 is 14.8 Å². The van der Waals surface area contributed by atoms with Gasteiger partial charge < -0.3 is 14.8 Å². The highest BCUT2D eigenvalue weighted by Crippen LogP contribution is 2.38. The molecular weight excluding hydrogens is 484 g/mol. The van der Waals surface area contributed by atoms with Crippen molar-refractivity contribution in [2.45, 2.75) is 57.9 Å².